The summed E-state index contributed by atoms with van der Waals surface area (Å²) < 4.78 is 22.9. The van der Waals surface area contributed by atoms with Crippen LogP contribution < -0.4 is 14.7 Å². The summed E-state index contributed by atoms with van der Waals surface area (Å²) in [5.74, 6) is -0.284. The standard InChI is InChI=1S/C15H27N3O3S/c1-16(2)12-8-11(14(19)10-22(7,20)21)9-13(17(3)4)15(12)18(5)6/h8-9,14,19H,10H2,1-7H3. The number of rotatable bonds is 6. The maximum atomic E-state index is 11.4. The number of hydrogen-bond donors (Lipinski definition) is 1. The van der Waals surface area contributed by atoms with Crippen molar-refractivity contribution in [2.45, 2.75) is 6.10 Å². The number of aliphatic hydroxyl groups is 1. The molecule has 1 aromatic carbocycles. The van der Waals surface area contributed by atoms with Crippen LogP contribution in [0.5, 0.6) is 0 Å². The number of aliphatic hydroxyl groups excluding tert-OH is 1. The van der Waals surface area contributed by atoms with E-state index in [1.165, 1.54) is 0 Å². The fourth-order valence-electron chi connectivity index (χ4n) is 2.34. The minimum absolute atomic E-state index is 0.284. The third-order valence-electron chi connectivity index (χ3n) is 3.35. The Morgan fingerprint density at radius 3 is 1.64 bits per heavy atom. The number of benzene rings is 1. The van der Waals surface area contributed by atoms with Gasteiger partial charge < -0.3 is 19.8 Å². The van der Waals surface area contributed by atoms with Crippen molar-refractivity contribution < 1.29 is 13.5 Å². The van der Waals surface area contributed by atoms with Crippen LogP contribution in [-0.4, -0.2) is 67.8 Å². The normalized spacial score (nSPS) is 12.9. The van der Waals surface area contributed by atoms with Crippen molar-refractivity contribution in [1.82, 2.24) is 0 Å². The molecule has 126 valence electrons. The molecule has 0 aromatic heterocycles. The molecule has 1 N–H and O–H groups in total. The molecule has 0 radical (unpaired) electrons. The highest BCUT2D eigenvalue weighted by Gasteiger charge is 2.21. The Labute approximate surface area is 133 Å². The third-order valence-corrected chi connectivity index (χ3v) is 4.27. The fraction of sp³-hybridized carbons (Fsp3) is 0.600. The second-order valence-electron chi connectivity index (χ2n) is 6.20. The van der Waals surface area contributed by atoms with Crippen LogP contribution in [0.3, 0.4) is 0 Å². The summed E-state index contributed by atoms with van der Waals surface area (Å²) in [4.78, 5) is 5.93. The van der Waals surface area contributed by atoms with E-state index in [4.69, 9.17) is 0 Å². The number of hydrogen-bond acceptors (Lipinski definition) is 6. The molecule has 1 unspecified atom stereocenters. The Kier molecular flexibility index (Phi) is 5.70. The van der Waals surface area contributed by atoms with Crippen LogP contribution in [0.4, 0.5) is 17.1 Å². The average Bonchev–Trinajstić information content (AvgIpc) is 2.34. The summed E-state index contributed by atoms with van der Waals surface area (Å²) in [6.45, 7) is 0. The van der Waals surface area contributed by atoms with E-state index in [1.807, 2.05) is 69.1 Å². The molecular weight excluding hydrogens is 302 g/mol. The molecule has 0 spiro atoms. The van der Waals surface area contributed by atoms with Crippen molar-refractivity contribution in [1.29, 1.82) is 0 Å². The predicted molar refractivity (Wildman–Crippen MR) is 94.1 cm³/mol. The van der Waals surface area contributed by atoms with Gasteiger partial charge in [-0.1, -0.05) is 0 Å². The van der Waals surface area contributed by atoms with Gasteiger partial charge in [0.15, 0.2) is 0 Å². The molecule has 0 aliphatic carbocycles. The van der Waals surface area contributed by atoms with Crippen LogP contribution in [0.15, 0.2) is 12.1 Å². The van der Waals surface area contributed by atoms with E-state index in [0.29, 0.717) is 5.56 Å². The van der Waals surface area contributed by atoms with Crippen LogP contribution in [0.2, 0.25) is 0 Å². The first-order valence-electron chi connectivity index (χ1n) is 6.99. The summed E-state index contributed by atoms with van der Waals surface area (Å²) in [5.41, 5.74) is 3.48. The van der Waals surface area contributed by atoms with Gasteiger partial charge in [0.25, 0.3) is 0 Å². The van der Waals surface area contributed by atoms with E-state index in [-0.39, 0.29) is 5.75 Å². The van der Waals surface area contributed by atoms with Crippen LogP contribution >= 0.6 is 0 Å². The van der Waals surface area contributed by atoms with Gasteiger partial charge in [0.2, 0.25) is 0 Å². The van der Waals surface area contributed by atoms with Crippen LogP contribution in [0.25, 0.3) is 0 Å². The highest BCUT2D eigenvalue weighted by molar-refractivity contribution is 7.90. The lowest BCUT2D eigenvalue weighted by molar-refractivity contribution is 0.202. The SMILES string of the molecule is CN(C)c1cc(C(O)CS(C)(=O)=O)cc(N(C)C)c1N(C)C. The van der Waals surface area contributed by atoms with Crippen molar-refractivity contribution >= 4 is 26.9 Å². The Balaban J connectivity index is 3.50. The highest BCUT2D eigenvalue weighted by Crippen LogP contribution is 2.39. The molecule has 1 atom stereocenters. The monoisotopic (exact) mass is 329 g/mol. The van der Waals surface area contributed by atoms with Gasteiger partial charge in [-0.2, -0.15) is 0 Å². The quantitative estimate of drug-likeness (QED) is 0.839. The smallest absolute Gasteiger partial charge is 0.150 e. The lowest BCUT2D eigenvalue weighted by Gasteiger charge is -2.30. The Morgan fingerprint density at radius 2 is 1.36 bits per heavy atom. The predicted octanol–water partition coefficient (Wildman–Crippen LogP) is 0.963. The Bertz CT molecular complexity index is 596. The Morgan fingerprint density at radius 1 is 0.955 bits per heavy atom. The molecule has 22 heavy (non-hydrogen) atoms. The van der Waals surface area contributed by atoms with Crippen LogP contribution in [-0.2, 0) is 9.84 Å². The fourth-order valence-corrected chi connectivity index (χ4v) is 3.11. The zero-order chi connectivity index (χ0) is 17.2. The summed E-state index contributed by atoms with van der Waals surface area (Å²) in [6.07, 6.45) is 0.0908. The number of nitrogens with zero attached hydrogens (tertiary/aromatic N) is 3. The minimum Gasteiger partial charge on any atom is -0.387 e. The average molecular weight is 329 g/mol. The summed E-state index contributed by atoms with van der Waals surface area (Å²) in [7, 11) is 8.37. The molecule has 0 saturated carbocycles. The van der Waals surface area contributed by atoms with Gasteiger partial charge in [-0.25, -0.2) is 8.42 Å². The van der Waals surface area contributed by atoms with Crippen molar-refractivity contribution in [3.8, 4) is 0 Å². The van der Waals surface area contributed by atoms with Crippen LogP contribution in [0, 0.1) is 0 Å². The lowest BCUT2D eigenvalue weighted by Crippen LogP contribution is -2.22. The van der Waals surface area contributed by atoms with Crippen molar-refractivity contribution in [3.63, 3.8) is 0 Å². The molecule has 0 bridgehead atoms. The topological polar surface area (TPSA) is 64.1 Å². The third kappa shape index (κ3) is 4.51. The molecule has 0 aliphatic heterocycles. The van der Waals surface area contributed by atoms with E-state index in [1.54, 1.807) is 0 Å². The van der Waals surface area contributed by atoms with E-state index in [2.05, 4.69) is 0 Å². The minimum atomic E-state index is -3.25. The first-order chi connectivity index (χ1) is 9.94. The van der Waals surface area contributed by atoms with E-state index < -0.39 is 15.9 Å². The highest BCUT2D eigenvalue weighted by atomic mass is 32.2. The second kappa shape index (κ2) is 6.75. The largest absolute Gasteiger partial charge is 0.387 e. The van der Waals surface area contributed by atoms with Gasteiger partial charge in [-0.05, 0) is 17.7 Å². The van der Waals surface area contributed by atoms with Crippen molar-refractivity contribution in [2.24, 2.45) is 0 Å². The lowest BCUT2D eigenvalue weighted by atomic mass is 10.0. The van der Waals surface area contributed by atoms with Crippen molar-refractivity contribution in [2.75, 3.05) is 69.0 Å². The van der Waals surface area contributed by atoms with Gasteiger partial charge in [0.1, 0.15) is 9.84 Å². The molecule has 7 heteroatoms. The summed E-state index contributed by atoms with van der Waals surface area (Å²) in [5, 5.41) is 10.3. The molecular formula is C15H27N3O3S. The maximum absolute atomic E-state index is 11.4. The molecule has 0 saturated heterocycles. The molecule has 0 aliphatic rings. The van der Waals surface area contributed by atoms with E-state index in [9.17, 15) is 13.5 Å². The van der Waals surface area contributed by atoms with E-state index >= 15 is 0 Å². The zero-order valence-corrected chi connectivity index (χ0v) is 15.3. The zero-order valence-electron chi connectivity index (χ0n) is 14.5. The van der Waals surface area contributed by atoms with Gasteiger partial charge in [-0.15, -0.1) is 0 Å². The van der Waals surface area contributed by atoms with Crippen LogP contribution in [0.1, 0.15) is 11.7 Å². The molecule has 1 rings (SSSR count). The first kappa shape index (κ1) is 18.6. The Hall–Kier alpha value is -1.47. The molecule has 1 aromatic rings. The number of sulfone groups is 1. The van der Waals surface area contributed by atoms with Gasteiger partial charge >= 0.3 is 0 Å². The summed E-state index contributed by atoms with van der Waals surface area (Å²) in [6, 6.07) is 3.69. The van der Waals surface area contributed by atoms with E-state index in [0.717, 1.165) is 23.3 Å². The van der Waals surface area contributed by atoms with Gasteiger partial charge in [-0.3, -0.25) is 0 Å². The first-order valence-corrected chi connectivity index (χ1v) is 9.05. The maximum Gasteiger partial charge on any atom is 0.150 e. The molecule has 0 heterocycles. The van der Waals surface area contributed by atoms with Gasteiger partial charge in [0.05, 0.1) is 28.9 Å². The molecule has 0 fully saturated rings. The van der Waals surface area contributed by atoms with Crippen molar-refractivity contribution in [3.05, 3.63) is 17.7 Å². The second-order valence-corrected chi connectivity index (χ2v) is 8.38. The summed E-state index contributed by atoms with van der Waals surface area (Å²) >= 11 is 0. The molecule has 0 amide bonds. The van der Waals surface area contributed by atoms with Gasteiger partial charge in [0, 0.05) is 48.5 Å². The number of anilines is 3. The molecule has 6 nitrogen and oxygen atoms in total.